The average Bonchev–Trinajstić information content (AvgIpc) is 2.44. The van der Waals surface area contributed by atoms with E-state index in [4.69, 9.17) is 4.74 Å². The van der Waals surface area contributed by atoms with Crippen molar-refractivity contribution in [3.05, 3.63) is 29.3 Å². The van der Waals surface area contributed by atoms with Crippen molar-refractivity contribution in [1.29, 1.82) is 0 Å². The number of alkyl carbamates (subject to hydrolysis) is 1. The Morgan fingerprint density at radius 1 is 1.15 bits per heavy atom. The predicted molar refractivity (Wildman–Crippen MR) is 74.8 cm³/mol. The van der Waals surface area contributed by atoms with Crippen LogP contribution in [0.2, 0.25) is 0 Å². The number of hydrogen-bond donors (Lipinski definition) is 2. The van der Waals surface area contributed by atoms with Crippen LogP contribution in [0.15, 0.2) is 18.2 Å². The molecule has 1 rings (SSSR count). The van der Waals surface area contributed by atoms with Crippen LogP contribution in [0.25, 0.3) is 0 Å². The second-order valence-corrected chi connectivity index (χ2v) is 4.26. The molecule has 0 saturated heterocycles. The van der Waals surface area contributed by atoms with Crippen molar-refractivity contribution in [3.8, 4) is 5.75 Å². The number of amides is 2. The number of ether oxygens (including phenoxy) is 2. The van der Waals surface area contributed by atoms with Gasteiger partial charge in [-0.1, -0.05) is 12.1 Å². The van der Waals surface area contributed by atoms with Crippen LogP contribution >= 0.6 is 0 Å². The number of rotatable bonds is 6. The van der Waals surface area contributed by atoms with Gasteiger partial charge in [-0.25, -0.2) is 4.79 Å². The van der Waals surface area contributed by atoms with E-state index in [1.165, 1.54) is 7.11 Å². The maximum atomic E-state index is 11.5. The van der Waals surface area contributed by atoms with Gasteiger partial charge in [0.25, 0.3) is 5.91 Å². The lowest BCUT2D eigenvalue weighted by Gasteiger charge is -2.11. The number of hydrogen-bond acceptors (Lipinski definition) is 4. The fraction of sp³-hybridized carbons (Fsp3) is 0.429. The van der Waals surface area contributed by atoms with Gasteiger partial charge < -0.3 is 20.1 Å². The van der Waals surface area contributed by atoms with E-state index in [0.717, 1.165) is 11.1 Å². The highest BCUT2D eigenvalue weighted by Crippen LogP contribution is 2.20. The van der Waals surface area contributed by atoms with Gasteiger partial charge in [-0.15, -0.1) is 0 Å². The van der Waals surface area contributed by atoms with Crippen LogP contribution in [-0.4, -0.2) is 38.8 Å². The largest absolute Gasteiger partial charge is 0.483 e. The summed E-state index contributed by atoms with van der Waals surface area (Å²) in [4.78, 5) is 22.3. The number of benzene rings is 1. The van der Waals surface area contributed by atoms with Crippen molar-refractivity contribution >= 4 is 12.0 Å². The molecule has 0 aliphatic heterocycles. The zero-order valence-electron chi connectivity index (χ0n) is 12.0. The van der Waals surface area contributed by atoms with E-state index in [2.05, 4.69) is 15.4 Å². The summed E-state index contributed by atoms with van der Waals surface area (Å²) in [5.74, 6) is 0.463. The quantitative estimate of drug-likeness (QED) is 0.766. The second-order valence-electron chi connectivity index (χ2n) is 4.26. The number of nitrogens with one attached hydrogen (secondary N) is 2. The summed E-state index contributed by atoms with van der Waals surface area (Å²) in [6.07, 6.45) is -0.522. The lowest BCUT2D eigenvalue weighted by Crippen LogP contribution is -2.36. The minimum absolute atomic E-state index is 0.0531. The molecule has 2 amide bonds. The average molecular weight is 280 g/mol. The zero-order chi connectivity index (χ0) is 15.0. The van der Waals surface area contributed by atoms with Crippen molar-refractivity contribution in [3.63, 3.8) is 0 Å². The van der Waals surface area contributed by atoms with Gasteiger partial charge in [-0.2, -0.15) is 0 Å². The molecule has 0 saturated carbocycles. The third-order valence-electron chi connectivity index (χ3n) is 2.82. The van der Waals surface area contributed by atoms with E-state index in [9.17, 15) is 9.59 Å². The lowest BCUT2D eigenvalue weighted by atomic mass is 10.1. The van der Waals surface area contributed by atoms with Crippen LogP contribution in [0, 0.1) is 13.8 Å². The summed E-state index contributed by atoms with van der Waals surface area (Å²) in [6.45, 7) is 4.51. The highest BCUT2D eigenvalue weighted by molar-refractivity contribution is 5.77. The van der Waals surface area contributed by atoms with Gasteiger partial charge in [0.05, 0.1) is 7.11 Å². The van der Waals surface area contributed by atoms with E-state index in [-0.39, 0.29) is 12.5 Å². The van der Waals surface area contributed by atoms with Crippen molar-refractivity contribution < 1.29 is 19.1 Å². The molecular formula is C14H20N2O4. The summed E-state index contributed by atoms with van der Waals surface area (Å²) < 4.78 is 9.85. The Morgan fingerprint density at radius 3 is 2.55 bits per heavy atom. The fourth-order valence-corrected chi connectivity index (χ4v) is 1.51. The molecular weight excluding hydrogens is 260 g/mol. The first kappa shape index (κ1) is 15.8. The van der Waals surface area contributed by atoms with Gasteiger partial charge in [0, 0.05) is 13.1 Å². The molecule has 0 fully saturated rings. The maximum Gasteiger partial charge on any atom is 0.406 e. The number of aryl methyl sites for hydroxylation is 1. The zero-order valence-corrected chi connectivity index (χ0v) is 12.0. The van der Waals surface area contributed by atoms with E-state index in [0.29, 0.717) is 18.8 Å². The van der Waals surface area contributed by atoms with Crippen LogP contribution < -0.4 is 15.4 Å². The molecule has 0 heterocycles. The molecule has 20 heavy (non-hydrogen) atoms. The first-order valence-corrected chi connectivity index (χ1v) is 6.32. The molecule has 6 heteroatoms. The lowest BCUT2D eigenvalue weighted by molar-refractivity contribution is -0.123. The van der Waals surface area contributed by atoms with Gasteiger partial charge >= 0.3 is 6.09 Å². The van der Waals surface area contributed by atoms with Crippen molar-refractivity contribution in [1.82, 2.24) is 10.6 Å². The van der Waals surface area contributed by atoms with Crippen molar-refractivity contribution in [2.45, 2.75) is 13.8 Å². The molecule has 0 radical (unpaired) electrons. The first-order valence-electron chi connectivity index (χ1n) is 6.32. The van der Waals surface area contributed by atoms with Crippen LogP contribution in [0.5, 0.6) is 5.75 Å². The Labute approximate surface area is 118 Å². The van der Waals surface area contributed by atoms with E-state index >= 15 is 0 Å². The minimum atomic E-state index is -0.522. The van der Waals surface area contributed by atoms with Gasteiger partial charge in [0.1, 0.15) is 5.75 Å². The van der Waals surface area contributed by atoms with Gasteiger partial charge in [0.2, 0.25) is 0 Å². The molecule has 2 N–H and O–H groups in total. The van der Waals surface area contributed by atoms with Crippen LogP contribution in [0.1, 0.15) is 11.1 Å². The fourth-order valence-electron chi connectivity index (χ4n) is 1.51. The number of carbonyl (C=O) groups is 2. The predicted octanol–water partition coefficient (Wildman–Crippen LogP) is 1.15. The third-order valence-corrected chi connectivity index (χ3v) is 2.82. The van der Waals surface area contributed by atoms with Gasteiger partial charge in [-0.3, -0.25) is 4.79 Å². The van der Waals surface area contributed by atoms with E-state index in [1.54, 1.807) is 0 Å². The molecule has 1 aromatic carbocycles. The monoisotopic (exact) mass is 280 g/mol. The van der Waals surface area contributed by atoms with Crippen molar-refractivity contribution in [2.24, 2.45) is 0 Å². The minimum Gasteiger partial charge on any atom is -0.483 e. The molecule has 0 unspecified atom stereocenters. The summed E-state index contributed by atoms with van der Waals surface area (Å²) in [5.41, 5.74) is 2.14. The Hall–Kier alpha value is -2.24. The smallest absolute Gasteiger partial charge is 0.406 e. The topological polar surface area (TPSA) is 76.7 Å². The second kappa shape index (κ2) is 8.04. The van der Waals surface area contributed by atoms with Crippen LogP contribution in [0.4, 0.5) is 4.79 Å². The molecule has 0 aliphatic carbocycles. The third kappa shape index (κ3) is 5.17. The summed E-state index contributed by atoms with van der Waals surface area (Å²) in [5, 5.41) is 5.09. The summed E-state index contributed by atoms with van der Waals surface area (Å²) in [7, 11) is 1.28. The number of methoxy groups -OCH3 is 1. The van der Waals surface area contributed by atoms with Gasteiger partial charge in [-0.05, 0) is 31.0 Å². The Bertz CT molecular complexity index is 474. The van der Waals surface area contributed by atoms with Crippen LogP contribution in [-0.2, 0) is 9.53 Å². The normalized spacial score (nSPS) is 9.75. The standard InChI is InChI=1S/C14H20N2O4/c1-10-5-4-6-12(11(10)2)20-9-13(17)15-7-8-16-14(18)19-3/h4-6H,7-9H2,1-3H3,(H,15,17)(H,16,18). The molecule has 6 nitrogen and oxygen atoms in total. The molecule has 1 aromatic rings. The Balaban J connectivity index is 2.26. The maximum absolute atomic E-state index is 11.5. The molecule has 0 bridgehead atoms. The Morgan fingerprint density at radius 2 is 1.85 bits per heavy atom. The number of carbonyl (C=O) groups excluding carboxylic acids is 2. The summed E-state index contributed by atoms with van der Waals surface area (Å²) >= 11 is 0. The van der Waals surface area contributed by atoms with Gasteiger partial charge in [0.15, 0.2) is 6.61 Å². The molecule has 0 spiro atoms. The first-order chi connectivity index (χ1) is 9.54. The highest BCUT2D eigenvalue weighted by Gasteiger charge is 2.06. The van der Waals surface area contributed by atoms with Crippen molar-refractivity contribution in [2.75, 3.05) is 26.8 Å². The molecule has 110 valence electrons. The van der Waals surface area contributed by atoms with E-state index in [1.807, 2.05) is 32.0 Å². The SMILES string of the molecule is COC(=O)NCCNC(=O)COc1cccc(C)c1C. The Kier molecular flexibility index (Phi) is 6.36. The summed E-state index contributed by atoms with van der Waals surface area (Å²) in [6, 6.07) is 5.70. The molecule has 0 atom stereocenters. The van der Waals surface area contributed by atoms with Crippen LogP contribution in [0.3, 0.4) is 0 Å². The molecule has 0 aromatic heterocycles. The van der Waals surface area contributed by atoms with E-state index < -0.39 is 6.09 Å². The molecule has 0 aliphatic rings. The highest BCUT2D eigenvalue weighted by atomic mass is 16.5.